The highest BCUT2D eigenvalue weighted by Gasteiger charge is 2.28. The molecule has 1 aliphatic rings. The fourth-order valence-electron chi connectivity index (χ4n) is 3.68. The maximum atomic E-state index is 9.84. The zero-order valence-electron chi connectivity index (χ0n) is 14.3. The number of nitrogens with zero attached hydrogens (tertiary/aromatic N) is 2. The van der Waals surface area contributed by atoms with Crippen LogP contribution in [0.25, 0.3) is 0 Å². The zero-order chi connectivity index (χ0) is 17.2. The number of phenols is 1. The van der Waals surface area contributed by atoms with E-state index < -0.39 is 0 Å². The summed E-state index contributed by atoms with van der Waals surface area (Å²) < 4.78 is 12.9. The molecule has 3 heterocycles. The van der Waals surface area contributed by atoms with E-state index in [2.05, 4.69) is 27.8 Å². The first kappa shape index (κ1) is 15.8. The Hall–Kier alpha value is -2.66. The summed E-state index contributed by atoms with van der Waals surface area (Å²) in [6.45, 7) is 2.78. The number of aromatic nitrogens is 1. The van der Waals surface area contributed by atoms with E-state index in [0.717, 1.165) is 37.2 Å². The summed E-state index contributed by atoms with van der Waals surface area (Å²) in [6.07, 6.45) is 6.80. The van der Waals surface area contributed by atoms with Crippen molar-refractivity contribution in [3.05, 3.63) is 71.9 Å². The average molecular weight is 338 g/mol. The molecule has 0 spiro atoms. The molecule has 1 unspecified atom stereocenters. The largest absolute Gasteiger partial charge is 0.504 e. The van der Waals surface area contributed by atoms with Crippen LogP contribution in [-0.2, 0) is 13.1 Å². The van der Waals surface area contributed by atoms with Crippen molar-refractivity contribution in [2.24, 2.45) is 0 Å². The Morgan fingerprint density at radius 3 is 2.96 bits per heavy atom. The molecule has 1 atom stereocenters. The molecule has 2 aromatic heterocycles. The number of furan rings is 1. The number of ether oxygens (including phenoxy) is 1. The molecule has 3 aromatic rings. The van der Waals surface area contributed by atoms with Crippen molar-refractivity contribution in [3.63, 3.8) is 0 Å². The van der Waals surface area contributed by atoms with Crippen LogP contribution in [0.15, 0.2) is 59.5 Å². The van der Waals surface area contributed by atoms with Crippen molar-refractivity contribution in [2.45, 2.75) is 25.6 Å². The lowest BCUT2D eigenvalue weighted by atomic mass is 10.0. The minimum absolute atomic E-state index is 0.149. The number of phenolic OH excluding ortho intramolecular Hbond substituents is 1. The van der Waals surface area contributed by atoms with Crippen LogP contribution in [-0.4, -0.2) is 28.2 Å². The molecular weight excluding hydrogens is 316 g/mol. The number of benzene rings is 1. The van der Waals surface area contributed by atoms with Gasteiger partial charge in [-0.15, -0.1) is 0 Å². The molecule has 5 heteroatoms. The molecule has 1 aromatic carbocycles. The highest BCUT2D eigenvalue weighted by atomic mass is 16.5. The van der Waals surface area contributed by atoms with Gasteiger partial charge in [-0.3, -0.25) is 4.90 Å². The summed E-state index contributed by atoms with van der Waals surface area (Å²) >= 11 is 0. The van der Waals surface area contributed by atoms with Crippen LogP contribution in [0, 0.1) is 0 Å². The number of hydrogen-bond acceptors (Lipinski definition) is 4. The van der Waals surface area contributed by atoms with Gasteiger partial charge in [0.05, 0.1) is 25.7 Å². The van der Waals surface area contributed by atoms with Crippen LogP contribution in [0.4, 0.5) is 0 Å². The summed E-state index contributed by atoms with van der Waals surface area (Å²) in [5.74, 6) is 0.679. The Labute approximate surface area is 147 Å². The molecule has 1 aliphatic heterocycles. The topological polar surface area (TPSA) is 50.8 Å². The number of fused-ring (bicyclic) bond motifs is 1. The van der Waals surface area contributed by atoms with Crippen molar-refractivity contribution < 1.29 is 14.3 Å². The summed E-state index contributed by atoms with van der Waals surface area (Å²) in [7, 11) is 1.58. The molecule has 0 aliphatic carbocycles. The Bertz CT molecular complexity index is 839. The van der Waals surface area contributed by atoms with Gasteiger partial charge in [0, 0.05) is 37.1 Å². The second-order valence-corrected chi connectivity index (χ2v) is 6.42. The van der Waals surface area contributed by atoms with Crippen LogP contribution in [0.5, 0.6) is 11.5 Å². The van der Waals surface area contributed by atoms with Crippen LogP contribution < -0.4 is 4.74 Å². The Morgan fingerprint density at radius 2 is 2.16 bits per heavy atom. The van der Waals surface area contributed by atoms with E-state index in [4.69, 9.17) is 9.15 Å². The zero-order valence-corrected chi connectivity index (χ0v) is 14.3. The monoisotopic (exact) mass is 338 g/mol. The molecule has 0 saturated carbocycles. The number of aryl methyl sites for hydroxylation is 1. The highest BCUT2D eigenvalue weighted by molar-refractivity contribution is 5.42. The van der Waals surface area contributed by atoms with Gasteiger partial charge in [-0.2, -0.15) is 0 Å². The van der Waals surface area contributed by atoms with Crippen LogP contribution in [0.2, 0.25) is 0 Å². The number of rotatable bonds is 4. The molecule has 0 saturated heterocycles. The van der Waals surface area contributed by atoms with Gasteiger partial charge in [0.2, 0.25) is 0 Å². The first-order chi connectivity index (χ1) is 12.3. The minimum Gasteiger partial charge on any atom is -0.504 e. The van der Waals surface area contributed by atoms with E-state index in [1.807, 2.05) is 24.5 Å². The maximum absolute atomic E-state index is 9.84. The van der Waals surface area contributed by atoms with E-state index in [1.165, 1.54) is 5.69 Å². The third-order valence-corrected chi connectivity index (χ3v) is 4.84. The summed E-state index contributed by atoms with van der Waals surface area (Å²) in [4.78, 5) is 2.45. The first-order valence-electron chi connectivity index (χ1n) is 8.53. The molecule has 5 nitrogen and oxygen atoms in total. The molecule has 130 valence electrons. The maximum Gasteiger partial charge on any atom is 0.160 e. The van der Waals surface area contributed by atoms with E-state index in [0.29, 0.717) is 5.75 Å². The van der Waals surface area contributed by atoms with Gasteiger partial charge in [-0.05, 0) is 42.3 Å². The molecular formula is C20H22N2O3. The first-order valence-corrected chi connectivity index (χ1v) is 8.53. The van der Waals surface area contributed by atoms with E-state index in [-0.39, 0.29) is 11.8 Å². The van der Waals surface area contributed by atoms with Crippen LogP contribution >= 0.6 is 0 Å². The smallest absolute Gasteiger partial charge is 0.160 e. The van der Waals surface area contributed by atoms with Crippen LogP contribution in [0.1, 0.15) is 29.3 Å². The summed E-state index contributed by atoms with van der Waals surface area (Å²) in [6, 6.07) is 12.0. The fraction of sp³-hybridized carbons (Fsp3) is 0.300. The second-order valence-electron chi connectivity index (χ2n) is 6.42. The van der Waals surface area contributed by atoms with Gasteiger partial charge < -0.3 is 18.8 Å². The molecule has 1 N–H and O–H groups in total. The third-order valence-electron chi connectivity index (χ3n) is 4.84. The molecule has 4 rings (SSSR count). The number of aromatic hydroxyl groups is 1. The Balaban J connectivity index is 1.69. The lowest BCUT2D eigenvalue weighted by Gasteiger charge is -2.29. The van der Waals surface area contributed by atoms with Gasteiger partial charge >= 0.3 is 0 Å². The number of hydrogen-bond donors (Lipinski definition) is 1. The predicted molar refractivity (Wildman–Crippen MR) is 94.7 cm³/mol. The van der Waals surface area contributed by atoms with Crippen molar-refractivity contribution >= 4 is 0 Å². The lowest BCUT2D eigenvalue weighted by molar-refractivity contribution is 0.219. The molecule has 25 heavy (non-hydrogen) atoms. The standard InChI is InChI=1S/C20H22N2O3/c1-24-19-12-15(5-6-18(19)23)13-22-10-3-9-21-8-2-4-17(21)20(22)16-7-11-25-14-16/h2,4-8,11-12,14,20,23H,3,9-10,13H2,1H3. The fourth-order valence-corrected chi connectivity index (χ4v) is 3.68. The molecule has 0 fully saturated rings. The lowest BCUT2D eigenvalue weighted by Crippen LogP contribution is -2.29. The summed E-state index contributed by atoms with van der Waals surface area (Å²) in [5.41, 5.74) is 3.56. The Morgan fingerprint density at radius 1 is 1.24 bits per heavy atom. The van der Waals surface area contributed by atoms with E-state index in [9.17, 15) is 5.11 Å². The SMILES string of the molecule is COc1cc(CN2CCCn3cccc3C2c2ccoc2)ccc1O. The van der Waals surface area contributed by atoms with E-state index in [1.54, 1.807) is 19.4 Å². The van der Waals surface area contributed by atoms with Crippen molar-refractivity contribution in [3.8, 4) is 11.5 Å². The highest BCUT2D eigenvalue weighted by Crippen LogP contribution is 2.34. The van der Waals surface area contributed by atoms with Gasteiger partial charge in [0.15, 0.2) is 11.5 Å². The second kappa shape index (κ2) is 6.69. The van der Waals surface area contributed by atoms with Crippen molar-refractivity contribution in [1.29, 1.82) is 0 Å². The molecule has 0 bridgehead atoms. The third kappa shape index (κ3) is 3.03. The molecule has 0 amide bonds. The van der Waals surface area contributed by atoms with Crippen molar-refractivity contribution in [1.82, 2.24) is 9.47 Å². The van der Waals surface area contributed by atoms with Gasteiger partial charge in [0.25, 0.3) is 0 Å². The minimum atomic E-state index is 0.149. The predicted octanol–water partition coefficient (Wildman–Crippen LogP) is 3.79. The summed E-state index contributed by atoms with van der Waals surface area (Å²) in [5, 5.41) is 9.84. The van der Waals surface area contributed by atoms with Gasteiger partial charge in [0.1, 0.15) is 0 Å². The average Bonchev–Trinajstić information content (AvgIpc) is 3.27. The Kier molecular flexibility index (Phi) is 4.24. The quantitative estimate of drug-likeness (QED) is 0.786. The van der Waals surface area contributed by atoms with Gasteiger partial charge in [-0.1, -0.05) is 6.07 Å². The van der Waals surface area contributed by atoms with E-state index >= 15 is 0 Å². The molecule has 0 radical (unpaired) electrons. The van der Waals surface area contributed by atoms with Gasteiger partial charge in [-0.25, -0.2) is 0 Å². The van der Waals surface area contributed by atoms with Crippen LogP contribution in [0.3, 0.4) is 0 Å². The number of methoxy groups -OCH3 is 1. The normalized spacial score (nSPS) is 17.9. The van der Waals surface area contributed by atoms with Crippen molar-refractivity contribution in [2.75, 3.05) is 13.7 Å².